The van der Waals surface area contributed by atoms with Crippen LogP contribution in [0.1, 0.15) is 71.3 Å². The molecular weight excluding hydrogens is 432 g/mol. The average molecular weight is 463 g/mol. The molecule has 1 amide bonds. The van der Waals surface area contributed by atoms with Gasteiger partial charge in [-0.15, -0.1) is 0 Å². The van der Waals surface area contributed by atoms with Gasteiger partial charge >= 0.3 is 0 Å². The molecule has 1 N–H and O–H groups in total. The van der Waals surface area contributed by atoms with E-state index < -0.39 is 10.0 Å². The Bertz CT molecular complexity index is 1070. The minimum atomic E-state index is -3.66. The lowest BCUT2D eigenvalue weighted by atomic mass is 9.96. The molecule has 1 atom stereocenters. The first-order valence-electron chi connectivity index (χ1n) is 10.8. The van der Waals surface area contributed by atoms with Crippen LogP contribution in [0.3, 0.4) is 0 Å². The molecule has 7 heteroatoms. The Morgan fingerprint density at radius 2 is 1.58 bits per heavy atom. The van der Waals surface area contributed by atoms with Crippen molar-refractivity contribution in [1.82, 2.24) is 9.62 Å². The molecule has 0 saturated carbocycles. The summed E-state index contributed by atoms with van der Waals surface area (Å²) in [7, 11) is -3.66. The number of benzene rings is 2. The van der Waals surface area contributed by atoms with Crippen LogP contribution in [0.15, 0.2) is 35.2 Å². The van der Waals surface area contributed by atoms with Gasteiger partial charge in [0.2, 0.25) is 10.0 Å². The summed E-state index contributed by atoms with van der Waals surface area (Å²) in [5, 5.41) is 3.21. The number of nitrogens with one attached hydrogen (secondary N) is 1. The molecule has 2 aromatic carbocycles. The average Bonchev–Trinajstić information content (AvgIpc) is 3.01. The fourth-order valence-corrected chi connectivity index (χ4v) is 5.82. The minimum Gasteiger partial charge on any atom is -0.345 e. The molecule has 0 bridgehead atoms. The molecule has 2 aromatic rings. The summed E-state index contributed by atoms with van der Waals surface area (Å²) in [6, 6.07) is 8.32. The molecule has 1 aliphatic rings. The number of sulfonamides is 1. The third-order valence-corrected chi connectivity index (χ3v) is 8.31. The van der Waals surface area contributed by atoms with Crippen LogP contribution in [-0.4, -0.2) is 31.7 Å². The topological polar surface area (TPSA) is 66.5 Å². The highest BCUT2D eigenvalue weighted by molar-refractivity contribution is 7.89. The number of nitrogens with zero attached hydrogens (tertiary/aromatic N) is 1. The second-order valence-corrected chi connectivity index (χ2v) is 10.8. The van der Waals surface area contributed by atoms with E-state index in [0.29, 0.717) is 13.1 Å². The molecule has 1 aliphatic heterocycles. The van der Waals surface area contributed by atoms with Crippen LogP contribution in [0, 0.1) is 20.8 Å². The number of carbonyl (C=O) groups is 1. The van der Waals surface area contributed by atoms with Crippen molar-refractivity contribution in [2.45, 2.75) is 64.3 Å². The Kier molecular flexibility index (Phi) is 7.45. The number of halogens is 1. The zero-order chi connectivity index (χ0) is 22.8. The molecule has 5 nitrogen and oxygen atoms in total. The van der Waals surface area contributed by atoms with Crippen LogP contribution in [0.4, 0.5) is 0 Å². The fourth-order valence-electron chi connectivity index (χ4n) is 4.07. The van der Waals surface area contributed by atoms with E-state index in [2.05, 4.69) is 24.4 Å². The van der Waals surface area contributed by atoms with Crippen LogP contribution < -0.4 is 5.32 Å². The predicted octanol–water partition coefficient (Wildman–Crippen LogP) is 5.32. The Morgan fingerprint density at radius 3 is 2.23 bits per heavy atom. The van der Waals surface area contributed by atoms with Gasteiger partial charge in [0.1, 0.15) is 0 Å². The normalized spacial score (nSPS) is 16.5. The van der Waals surface area contributed by atoms with Crippen molar-refractivity contribution in [3.8, 4) is 0 Å². The van der Waals surface area contributed by atoms with Crippen molar-refractivity contribution in [3.05, 3.63) is 63.2 Å². The number of carbonyl (C=O) groups excluding carboxylic acids is 1. The zero-order valence-electron chi connectivity index (χ0n) is 18.7. The first-order chi connectivity index (χ1) is 14.6. The van der Waals surface area contributed by atoms with E-state index in [1.54, 1.807) is 0 Å². The highest BCUT2D eigenvalue weighted by atomic mass is 35.5. The van der Waals surface area contributed by atoms with Crippen LogP contribution in [0.5, 0.6) is 0 Å². The summed E-state index contributed by atoms with van der Waals surface area (Å²) < 4.78 is 27.8. The number of hydrogen-bond acceptors (Lipinski definition) is 3. The predicted molar refractivity (Wildman–Crippen MR) is 125 cm³/mol. The standard InChI is InChI=1S/C24H31ClN2O3S/c1-16-13-18(3)21(14-17(16)2)19(4)26-24(28)22-15-20(9-10-23(22)25)31(29,30)27-11-7-5-6-8-12-27/h9-10,13-15,19H,5-8,11-12H2,1-4H3,(H,26,28). The third-order valence-electron chi connectivity index (χ3n) is 6.08. The maximum Gasteiger partial charge on any atom is 0.253 e. The molecule has 1 unspecified atom stereocenters. The van der Waals surface area contributed by atoms with Crippen LogP contribution in [-0.2, 0) is 10.0 Å². The molecule has 31 heavy (non-hydrogen) atoms. The van der Waals surface area contributed by atoms with Gasteiger partial charge in [-0.05, 0) is 81.0 Å². The quantitative estimate of drug-likeness (QED) is 0.653. The first kappa shape index (κ1) is 23.8. The van der Waals surface area contributed by atoms with Gasteiger partial charge in [0.05, 0.1) is 21.5 Å². The molecule has 168 valence electrons. The summed E-state index contributed by atoms with van der Waals surface area (Å²) in [5.41, 5.74) is 4.66. The highest BCUT2D eigenvalue weighted by Gasteiger charge is 2.27. The molecule has 3 rings (SSSR count). The smallest absolute Gasteiger partial charge is 0.253 e. The summed E-state index contributed by atoms with van der Waals surface area (Å²) in [5.74, 6) is -0.386. The summed E-state index contributed by atoms with van der Waals surface area (Å²) >= 11 is 6.29. The van der Waals surface area contributed by atoms with Gasteiger partial charge < -0.3 is 5.32 Å². The van der Waals surface area contributed by atoms with Gasteiger partial charge in [-0.1, -0.05) is 36.6 Å². The zero-order valence-corrected chi connectivity index (χ0v) is 20.2. The second-order valence-electron chi connectivity index (χ2n) is 8.45. The van der Waals surface area contributed by atoms with Gasteiger partial charge in [-0.25, -0.2) is 8.42 Å². The van der Waals surface area contributed by atoms with E-state index >= 15 is 0 Å². The first-order valence-corrected chi connectivity index (χ1v) is 12.6. The molecule has 0 spiro atoms. The van der Waals surface area contributed by atoms with Crippen molar-refractivity contribution in [2.24, 2.45) is 0 Å². The number of hydrogen-bond donors (Lipinski definition) is 1. The molecule has 0 radical (unpaired) electrons. The Hall–Kier alpha value is -1.89. The SMILES string of the molecule is Cc1cc(C)c(C(C)NC(=O)c2cc(S(=O)(=O)N3CCCCCC3)ccc2Cl)cc1C. The fraction of sp³-hybridized carbons (Fsp3) is 0.458. The largest absolute Gasteiger partial charge is 0.345 e. The summed E-state index contributed by atoms with van der Waals surface area (Å²) in [6.45, 7) is 9.06. The van der Waals surface area contributed by atoms with Gasteiger partial charge in [0, 0.05) is 13.1 Å². The van der Waals surface area contributed by atoms with Crippen LogP contribution in [0.2, 0.25) is 5.02 Å². The maximum atomic E-state index is 13.1. The molecule has 0 aromatic heterocycles. The van der Waals surface area contributed by atoms with Gasteiger partial charge in [0.25, 0.3) is 5.91 Å². The maximum absolute atomic E-state index is 13.1. The minimum absolute atomic E-state index is 0.110. The molecule has 1 heterocycles. The Morgan fingerprint density at radius 1 is 0.968 bits per heavy atom. The van der Waals surface area contributed by atoms with Crippen molar-refractivity contribution >= 4 is 27.5 Å². The molecule has 1 fully saturated rings. The third kappa shape index (κ3) is 5.30. The Balaban J connectivity index is 1.86. The molecule has 0 aliphatic carbocycles. The van der Waals surface area contributed by atoms with Gasteiger partial charge in [0.15, 0.2) is 0 Å². The lowest BCUT2D eigenvalue weighted by Crippen LogP contribution is -2.32. The summed E-state index contributed by atoms with van der Waals surface area (Å²) in [4.78, 5) is 13.1. The van der Waals surface area contributed by atoms with Gasteiger partial charge in [-0.3, -0.25) is 4.79 Å². The molecular formula is C24H31ClN2O3S. The monoisotopic (exact) mass is 462 g/mol. The number of aryl methyl sites for hydroxylation is 3. The van der Waals surface area contributed by atoms with E-state index in [1.807, 2.05) is 20.8 Å². The van der Waals surface area contributed by atoms with E-state index in [0.717, 1.165) is 42.4 Å². The van der Waals surface area contributed by atoms with Crippen molar-refractivity contribution in [2.75, 3.05) is 13.1 Å². The second kappa shape index (κ2) is 9.72. The number of rotatable bonds is 5. The van der Waals surface area contributed by atoms with Gasteiger partial charge in [-0.2, -0.15) is 4.31 Å². The van der Waals surface area contributed by atoms with E-state index in [9.17, 15) is 13.2 Å². The van der Waals surface area contributed by atoms with Crippen LogP contribution in [0.25, 0.3) is 0 Å². The highest BCUT2D eigenvalue weighted by Crippen LogP contribution is 2.26. The number of amides is 1. The van der Waals surface area contributed by atoms with E-state index in [4.69, 9.17) is 11.6 Å². The van der Waals surface area contributed by atoms with E-state index in [1.165, 1.54) is 28.1 Å². The van der Waals surface area contributed by atoms with Crippen LogP contribution >= 0.6 is 11.6 Å². The lowest BCUT2D eigenvalue weighted by molar-refractivity contribution is 0.0939. The summed E-state index contributed by atoms with van der Waals surface area (Å²) in [6.07, 6.45) is 3.78. The lowest BCUT2D eigenvalue weighted by Gasteiger charge is -2.21. The molecule has 1 saturated heterocycles. The van der Waals surface area contributed by atoms with Crippen molar-refractivity contribution in [3.63, 3.8) is 0 Å². The van der Waals surface area contributed by atoms with Crippen molar-refractivity contribution in [1.29, 1.82) is 0 Å². The Labute approximate surface area is 190 Å². The van der Waals surface area contributed by atoms with Crippen molar-refractivity contribution < 1.29 is 13.2 Å². The van der Waals surface area contributed by atoms with E-state index in [-0.39, 0.29) is 27.4 Å².